The van der Waals surface area contributed by atoms with Crippen molar-refractivity contribution in [2.75, 3.05) is 10.6 Å². The molecule has 0 aliphatic carbocycles. The fraction of sp³-hybridized carbons (Fsp3) is 0.238. The van der Waals surface area contributed by atoms with Crippen molar-refractivity contribution in [3.05, 3.63) is 70.4 Å². The number of nitrogens with zero attached hydrogens (tertiary/aromatic N) is 1. The van der Waals surface area contributed by atoms with E-state index in [9.17, 15) is 10.1 Å². The predicted octanol–water partition coefficient (Wildman–Crippen LogP) is 5.45. The number of hydrogen-bond acceptors (Lipinski definition) is 3. The second kappa shape index (κ2) is 9.65. The highest BCUT2D eigenvalue weighted by atomic mass is 35.5. The van der Waals surface area contributed by atoms with Gasteiger partial charge in [-0.25, -0.2) is 0 Å². The fourth-order valence-corrected chi connectivity index (χ4v) is 2.54. The molecule has 5 heteroatoms. The molecule has 26 heavy (non-hydrogen) atoms. The van der Waals surface area contributed by atoms with Gasteiger partial charge in [0.15, 0.2) is 0 Å². The van der Waals surface area contributed by atoms with Gasteiger partial charge in [0, 0.05) is 22.6 Å². The number of carbonyl (C=O) groups excluding carboxylic acids is 1. The molecule has 2 rings (SSSR count). The number of unbranched alkanes of at least 4 members (excludes halogenated alkanes) is 1. The van der Waals surface area contributed by atoms with Crippen LogP contribution in [0.2, 0.25) is 5.02 Å². The second-order valence-electron chi connectivity index (χ2n) is 6.03. The van der Waals surface area contributed by atoms with E-state index in [0.717, 1.165) is 30.5 Å². The summed E-state index contributed by atoms with van der Waals surface area (Å²) in [5, 5.41) is 15.5. The molecule has 0 spiro atoms. The number of rotatable bonds is 7. The third-order valence-corrected chi connectivity index (χ3v) is 4.20. The number of halogens is 1. The molecular weight excluding hydrogens is 346 g/mol. The van der Waals surface area contributed by atoms with Crippen molar-refractivity contribution in [2.45, 2.75) is 33.1 Å². The highest BCUT2D eigenvalue weighted by molar-refractivity contribution is 6.31. The molecule has 0 fully saturated rings. The number of anilines is 2. The first kappa shape index (κ1) is 19.6. The number of nitrogens with one attached hydrogen (secondary N) is 2. The lowest BCUT2D eigenvalue weighted by Gasteiger charge is -2.09. The van der Waals surface area contributed by atoms with Gasteiger partial charge < -0.3 is 10.6 Å². The Balaban J connectivity index is 2.04. The van der Waals surface area contributed by atoms with Gasteiger partial charge in [-0.05, 0) is 55.2 Å². The summed E-state index contributed by atoms with van der Waals surface area (Å²) in [6.07, 6.45) is 4.79. The maximum Gasteiger partial charge on any atom is 0.267 e. The van der Waals surface area contributed by atoms with Gasteiger partial charge in [0.25, 0.3) is 5.91 Å². The van der Waals surface area contributed by atoms with E-state index in [2.05, 4.69) is 17.6 Å². The van der Waals surface area contributed by atoms with Crippen LogP contribution in [0.5, 0.6) is 0 Å². The van der Waals surface area contributed by atoms with Crippen molar-refractivity contribution in [1.82, 2.24) is 0 Å². The molecule has 1 amide bonds. The van der Waals surface area contributed by atoms with E-state index in [1.54, 1.807) is 12.1 Å². The molecule has 0 radical (unpaired) electrons. The molecule has 0 aliphatic rings. The number of aryl methyl sites for hydroxylation is 2. The molecule has 0 saturated heterocycles. The predicted molar refractivity (Wildman–Crippen MR) is 107 cm³/mol. The Morgan fingerprint density at radius 3 is 2.62 bits per heavy atom. The van der Waals surface area contributed by atoms with E-state index in [1.807, 2.05) is 43.3 Å². The Kier molecular flexibility index (Phi) is 7.25. The lowest BCUT2D eigenvalue weighted by molar-refractivity contribution is -0.112. The summed E-state index contributed by atoms with van der Waals surface area (Å²) in [6, 6.07) is 15.1. The van der Waals surface area contributed by atoms with E-state index in [-0.39, 0.29) is 5.57 Å². The Morgan fingerprint density at radius 1 is 1.23 bits per heavy atom. The summed E-state index contributed by atoms with van der Waals surface area (Å²) < 4.78 is 0. The van der Waals surface area contributed by atoms with E-state index < -0.39 is 5.91 Å². The summed E-state index contributed by atoms with van der Waals surface area (Å²) in [4.78, 5) is 12.3. The van der Waals surface area contributed by atoms with E-state index in [4.69, 9.17) is 11.6 Å². The van der Waals surface area contributed by atoms with Crippen LogP contribution >= 0.6 is 11.6 Å². The van der Waals surface area contributed by atoms with Gasteiger partial charge in [-0.3, -0.25) is 4.79 Å². The van der Waals surface area contributed by atoms with Crippen LogP contribution < -0.4 is 10.6 Å². The number of benzene rings is 2. The quantitative estimate of drug-likeness (QED) is 0.505. The summed E-state index contributed by atoms with van der Waals surface area (Å²) in [6.45, 7) is 4.03. The largest absolute Gasteiger partial charge is 0.360 e. The van der Waals surface area contributed by atoms with Crippen molar-refractivity contribution < 1.29 is 4.79 Å². The molecule has 4 nitrogen and oxygen atoms in total. The normalized spacial score (nSPS) is 10.9. The minimum Gasteiger partial charge on any atom is -0.360 e. The molecule has 2 N–H and O–H groups in total. The van der Waals surface area contributed by atoms with Gasteiger partial charge in [0.2, 0.25) is 0 Å². The van der Waals surface area contributed by atoms with Gasteiger partial charge in [0.05, 0.1) is 0 Å². The Bertz CT molecular complexity index is 835. The lowest BCUT2D eigenvalue weighted by atomic mass is 10.1. The first-order chi connectivity index (χ1) is 12.5. The highest BCUT2D eigenvalue weighted by Gasteiger charge is 2.11. The summed E-state index contributed by atoms with van der Waals surface area (Å²) in [7, 11) is 0. The molecule has 0 bridgehead atoms. The number of nitriles is 1. The number of carbonyl (C=O) groups is 1. The molecule has 2 aromatic rings. The van der Waals surface area contributed by atoms with Crippen LogP contribution in [0.1, 0.15) is 30.9 Å². The van der Waals surface area contributed by atoms with Gasteiger partial charge >= 0.3 is 0 Å². The van der Waals surface area contributed by atoms with E-state index >= 15 is 0 Å². The molecule has 0 atom stereocenters. The van der Waals surface area contributed by atoms with Gasteiger partial charge in [0.1, 0.15) is 11.6 Å². The van der Waals surface area contributed by atoms with Crippen LogP contribution in [-0.4, -0.2) is 5.91 Å². The maximum absolute atomic E-state index is 12.3. The molecule has 0 heterocycles. The van der Waals surface area contributed by atoms with Gasteiger partial charge in [-0.1, -0.05) is 43.1 Å². The van der Waals surface area contributed by atoms with Crippen LogP contribution in [0, 0.1) is 18.3 Å². The zero-order valence-electron chi connectivity index (χ0n) is 15.0. The van der Waals surface area contributed by atoms with Gasteiger partial charge in [-0.2, -0.15) is 5.26 Å². The van der Waals surface area contributed by atoms with E-state index in [0.29, 0.717) is 10.7 Å². The molecule has 0 aliphatic heterocycles. The van der Waals surface area contributed by atoms with E-state index in [1.165, 1.54) is 11.8 Å². The van der Waals surface area contributed by atoms with Crippen molar-refractivity contribution in [3.8, 4) is 6.07 Å². The Hall–Kier alpha value is -2.77. The summed E-state index contributed by atoms with van der Waals surface area (Å²) in [5.41, 5.74) is 3.54. The van der Waals surface area contributed by atoms with Crippen LogP contribution in [0.4, 0.5) is 11.4 Å². The van der Waals surface area contributed by atoms with Crippen molar-refractivity contribution in [3.63, 3.8) is 0 Å². The average molecular weight is 368 g/mol. The van der Waals surface area contributed by atoms with Crippen molar-refractivity contribution in [1.29, 1.82) is 5.26 Å². The van der Waals surface area contributed by atoms with Crippen LogP contribution in [0.3, 0.4) is 0 Å². The first-order valence-electron chi connectivity index (χ1n) is 8.56. The molecule has 0 unspecified atom stereocenters. The standard InChI is InChI=1S/C21H22ClN3O/c1-3-4-5-16-7-10-19(11-8-16)24-14-17(13-23)21(26)25-20-12-18(22)9-6-15(20)2/h6-12,14,24H,3-5H2,1-2H3,(H,25,26)/b17-14-. The topological polar surface area (TPSA) is 64.9 Å². The summed E-state index contributed by atoms with van der Waals surface area (Å²) in [5.74, 6) is -0.482. The highest BCUT2D eigenvalue weighted by Crippen LogP contribution is 2.20. The molecule has 2 aromatic carbocycles. The zero-order chi connectivity index (χ0) is 18.9. The smallest absolute Gasteiger partial charge is 0.267 e. The third kappa shape index (κ3) is 5.65. The molecule has 0 saturated carbocycles. The second-order valence-corrected chi connectivity index (χ2v) is 6.46. The third-order valence-electron chi connectivity index (χ3n) is 3.97. The Morgan fingerprint density at radius 2 is 1.96 bits per heavy atom. The zero-order valence-corrected chi connectivity index (χ0v) is 15.7. The maximum atomic E-state index is 12.3. The van der Waals surface area contributed by atoms with Gasteiger partial charge in [-0.15, -0.1) is 0 Å². The molecule has 134 valence electrons. The SMILES string of the molecule is CCCCc1ccc(N/C=C(/C#N)C(=O)Nc2cc(Cl)ccc2C)cc1. The molecule has 0 aromatic heterocycles. The van der Waals surface area contributed by atoms with Crippen LogP contribution in [0.15, 0.2) is 54.2 Å². The van der Waals surface area contributed by atoms with Crippen molar-refractivity contribution >= 4 is 28.9 Å². The minimum absolute atomic E-state index is 0.0144. The molecular formula is C21H22ClN3O. The minimum atomic E-state index is -0.482. The Labute approximate surface area is 159 Å². The van der Waals surface area contributed by atoms with Crippen LogP contribution in [-0.2, 0) is 11.2 Å². The monoisotopic (exact) mass is 367 g/mol. The van der Waals surface area contributed by atoms with Crippen molar-refractivity contribution in [2.24, 2.45) is 0 Å². The fourth-order valence-electron chi connectivity index (χ4n) is 2.37. The van der Waals surface area contributed by atoms with Crippen LogP contribution in [0.25, 0.3) is 0 Å². The number of hydrogen-bond donors (Lipinski definition) is 2. The first-order valence-corrected chi connectivity index (χ1v) is 8.94. The lowest BCUT2D eigenvalue weighted by Crippen LogP contribution is -2.15. The summed E-state index contributed by atoms with van der Waals surface area (Å²) >= 11 is 5.96. The number of amides is 1. The average Bonchev–Trinajstić information content (AvgIpc) is 2.64.